The maximum Gasteiger partial charge on any atom is 0.254 e. The Morgan fingerprint density at radius 3 is 2.56 bits per heavy atom. The molecule has 0 aliphatic carbocycles. The summed E-state index contributed by atoms with van der Waals surface area (Å²) in [7, 11) is 0. The van der Waals surface area contributed by atoms with Crippen molar-refractivity contribution in [2.45, 2.75) is 6.92 Å². The Kier molecular flexibility index (Phi) is 3.14. The molecule has 1 amide bonds. The van der Waals surface area contributed by atoms with E-state index in [1.54, 1.807) is 12.1 Å². The molecule has 0 bridgehead atoms. The molecule has 5 nitrogen and oxygen atoms in total. The molecule has 1 aromatic heterocycles. The van der Waals surface area contributed by atoms with Gasteiger partial charge in [0.05, 0.1) is 11.9 Å². The van der Waals surface area contributed by atoms with Crippen molar-refractivity contribution in [2.24, 2.45) is 5.73 Å². The summed E-state index contributed by atoms with van der Waals surface area (Å²) in [6.07, 6.45) is 1.41. The zero-order chi connectivity index (χ0) is 13.1. The molecule has 0 fully saturated rings. The zero-order valence-electron chi connectivity index (χ0n) is 9.88. The summed E-state index contributed by atoms with van der Waals surface area (Å²) in [6, 6.07) is 8.82. The highest BCUT2D eigenvalue weighted by Crippen LogP contribution is 2.24. The molecule has 0 spiro atoms. The number of hydrogen-bond acceptors (Lipinski definition) is 4. The molecule has 4 N–H and O–H groups in total. The van der Waals surface area contributed by atoms with Crippen molar-refractivity contribution in [1.82, 2.24) is 4.98 Å². The molecular formula is C13H13N3O2. The van der Waals surface area contributed by atoms with E-state index in [-0.39, 0.29) is 11.4 Å². The topological polar surface area (TPSA) is 91.2 Å². The predicted molar refractivity (Wildman–Crippen MR) is 68.4 cm³/mol. The number of nitrogens with two attached hydrogens (primary N) is 2. The highest BCUT2D eigenvalue weighted by atomic mass is 16.5. The number of nitrogens with zero attached hydrogens (tertiary/aromatic N) is 1. The molecule has 0 radical (unpaired) electrons. The number of pyridine rings is 1. The van der Waals surface area contributed by atoms with Crippen LogP contribution in [0.4, 0.5) is 5.69 Å². The number of aryl methyl sites for hydroxylation is 1. The number of amides is 1. The van der Waals surface area contributed by atoms with Crippen LogP contribution in [0.3, 0.4) is 0 Å². The first-order valence-electron chi connectivity index (χ1n) is 5.36. The highest BCUT2D eigenvalue weighted by Gasteiger charge is 2.12. The first-order chi connectivity index (χ1) is 8.56. The summed E-state index contributed by atoms with van der Waals surface area (Å²) in [5.41, 5.74) is 12.4. The second-order valence-corrected chi connectivity index (χ2v) is 3.90. The molecule has 0 aliphatic heterocycles. The average Bonchev–Trinajstić information content (AvgIpc) is 2.34. The lowest BCUT2D eigenvalue weighted by atomic mass is 10.2. The third kappa shape index (κ3) is 2.57. The standard InChI is InChI=1S/C13H13N3O2/c1-8-2-4-10(5-3-8)18-13-11(12(15)17)6-9(14)7-16-13/h2-7H,14H2,1H3,(H2,15,17). The maximum absolute atomic E-state index is 11.3. The molecule has 18 heavy (non-hydrogen) atoms. The van der Waals surface area contributed by atoms with Crippen molar-refractivity contribution in [3.63, 3.8) is 0 Å². The number of primary amides is 1. The summed E-state index contributed by atoms with van der Waals surface area (Å²) in [5, 5.41) is 0. The van der Waals surface area contributed by atoms with E-state index in [1.807, 2.05) is 19.1 Å². The minimum absolute atomic E-state index is 0.153. The van der Waals surface area contributed by atoms with Crippen LogP contribution in [-0.4, -0.2) is 10.9 Å². The van der Waals surface area contributed by atoms with Crippen LogP contribution in [0, 0.1) is 6.92 Å². The number of carbonyl (C=O) groups is 1. The van der Waals surface area contributed by atoms with Gasteiger partial charge in [0.25, 0.3) is 5.91 Å². The first-order valence-corrected chi connectivity index (χ1v) is 5.36. The Balaban J connectivity index is 2.34. The minimum Gasteiger partial charge on any atom is -0.438 e. The minimum atomic E-state index is -0.628. The fraction of sp³-hybridized carbons (Fsp3) is 0.0769. The molecule has 0 aliphatic rings. The Morgan fingerprint density at radius 2 is 1.94 bits per heavy atom. The average molecular weight is 243 g/mol. The van der Waals surface area contributed by atoms with E-state index in [1.165, 1.54) is 12.3 Å². The van der Waals surface area contributed by atoms with Gasteiger partial charge in [-0.15, -0.1) is 0 Å². The van der Waals surface area contributed by atoms with E-state index in [2.05, 4.69) is 4.98 Å². The molecule has 2 rings (SSSR count). The second-order valence-electron chi connectivity index (χ2n) is 3.90. The zero-order valence-corrected chi connectivity index (χ0v) is 9.88. The van der Waals surface area contributed by atoms with Crippen LogP contribution in [0.25, 0.3) is 0 Å². The smallest absolute Gasteiger partial charge is 0.254 e. The molecule has 5 heteroatoms. The van der Waals surface area contributed by atoms with Crippen LogP contribution in [0.1, 0.15) is 15.9 Å². The quantitative estimate of drug-likeness (QED) is 0.860. The second kappa shape index (κ2) is 4.75. The van der Waals surface area contributed by atoms with Crippen molar-refractivity contribution in [3.8, 4) is 11.6 Å². The number of benzene rings is 1. The number of anilines is 1. The number of ether oxygens (including phenoxy) is 1. The van der Waals surface area contributed by atoms with Gasteiger partial charge in [-0.25, -0.2) is 4.98 Å². The van der Waals surface area contributed by atoms with Crippen molar-refractivity contribution in [3.05, 3.63) is 47.7 Å². The van der Waals surface area contributed by atoms with Gasteiger partial charge < -0.3 is 16.2 Å². The molecule has 0 unspecified atom stereocenters. The number of rotatable bonds is 3. The fourth-order valence-corrected chi connectivity index (χ4v) is 1.44. The number of aromatic nitrogens is 1. The van der Waals surface area contributed by atoms with Gasteiger partial charge in [0.15, 0.2) is 0 Å². The summed E-state index contributed by atoms with van der Waals surface area (Å²) >= 11 is 0. The molecular weight excluding hydrogens is 230 g/mol. The Hall–Kier alpha value is -2.56. The first kappa shape index (κ1) is 11.9. The van der Waals surface area contributed by atoms with Crippen LogP contribution >= 0.6 is 0 Å². The number of nitrogen functional groups attached to an aromatic ring is 1. The molecule has 0 atom stereocenters. The number of carbonyl (C=O) groups excluding carboxylic acids is 1. The summed E-state index contributed by atoms with van der Waals surface area (Å²) in [5.74, 6) is 0.109. The number of hydrogen-bond donors (Lipinski definition) is 2. The predicted octanol–water partition coefficient (Wildman–Crippen LogP) is 1.86. The van der Waals surface area contributed by atoms with E-state index in [4.69, 9.17) is 16.2 Å². The Morgan fingerprint density at radius 1 is 1.28 bits per heavy atom. The van der Waals surface area contributed by atoms with E-state index in [9.17, 15) is 4.79 Å². The fourth-order valence-electron chi connectivity index (χ4n) is 1.44. The van der Waals surface area contributed by atoms with Crippen molar-refractivity contribution in [1.29, 1.82) is 0 Å². The van der Waals surface area contributed by atoms with Crippen LogP contribution in [0.2, 0.25) is 0 Å². The van der Waals surface area contributed by atoms with E-state index in [0.717, 1.165) is 5.56 Å². The largest absolute Gasteiger partial charge is 0.438 e. The lowest BCUT2D eigenvalue weighted by Gasteiger charge is -2.08. The van der Waals surface area contributed by atoms with Gasteiger partial charge in [0.2, 0.25) is 5.88 Å². The van der Waals surface area contributed by atoms with Gasteiger partial charge in [-0.05, 0) is 25.1 Å². The van der Waals surface area contributed by atoms with Gasteiger partial charge in [-0.2, -0.15) is 0 Å². The molecule has 0 saturated carbocycles. The lowest BCUT2D eigenvalue weighted by Crippen LogP contribution is -2.13. The normalized spacial score (nSPS) is 10.1. The maximum atomic E-state index is 11.3. The van der Waals surface area contributed by atoms with Gasteiger partial charge >= 0.3 is 0 Å². The molecule has 2 aromatic rings. The van der Waals surface area contributed by atoms with Gasteiger partial charge in [0, 0.05) is 0 Å². The summed E-state index contributed by atoms with van der Waals surface area (Å²) in [4.78, 5) is 15.2. The third-order valence-electron chi connectivity index (χ3n) is 2.37. The SMILES string of the molecule is Cc1ccc(Oc2ncc(N)cc2C(N)=O)cc1. The lowest BCUT2D eigenvalue weighted by molar-refractivity contribution is 0.0997. The third-order valence-corrected chi connectivity index (χ3v) is 2.37. The monoisotopic (exact) mass is 243 g/mol. The Bertz CT molecular complexity index is 579. The van der Waals surface area contributed by atoms with E-state index >= 15 is 0 Å². The van der Waals surface area contributed by atoms with Gasteiger partial charge in [-0.3, -0.25) is 4.79 Å². The molecule has 0 saturated heterocycles. The van der Waals surface area contributed by atoms with Crippen molar-refractivity contribution in [2.75, 3.05) is 5.73 Å². The van der Waals surface area contributed by atoms with E-state index < -0.39 is 5.91 Å². The van der Waals surface area contributed by atoms with Crippen LogP contribution < -0.4 is 16.2 Å². The van der Waals surface area contributed by atoms with Gasteiger partial charge in [-0.1, -0.05) is 17.7 Å². The molecule has 1 heterocycles. The summed E-state index contributed by atoms with van der Waals surface area (Å²) in [6.45, 7) is 1.97. The molecule has 92 valence electrons. The van der Waals surface area contributed by atoms with Gasteiger partial charge in [0.1, 0.15) is 11.3 Å². The van der Waals surface area contributed by atoms with Crippen LogP contribution in [-0.2, 0) is 0 Å². The van der Waals surface area contributed by atoms with Crippen molar-refractivity contribution >= 4 is 11.6 Å². The van der Waals surface area contributed by atoms with Crippen LogP contribution in [0.15, 0.2) is 36.5 Å². The van der Waals surface area contributed by atoms with Crippen molar-refractivity contribution < 1.29 is 9.53 Å². The van der Waals surface area contributed by atoms with Crippen LogP contribution in [0.5, 0.6) is 11.6 Å². The Labute approximate surface area is 104 Å². The highest BCUT2D eigenvalue weighted by molar-refractivity contribution is 5.95. The van der Waals surface area contributed by atoms with E-state index in [0.29, 0.717) is 11.4 Å². The molecule has 1 aromatic carbocycles. The summed E-state index contributed by atoms with van der Waals surface area (Å²) < 4.78 is 5.51.